The Kier molecular flexibility index (Phi) is 7.52. The van der Waals surface area contributed by atoms with E-state index in [1.807, 2.05) is 89.5 Å². The van der Waals surface area contributed by atoms with Crippen LogP contribution in [0.1, 0.15) is 58.3 Å². The summed E-state index contributed by atoms with van der Waals surface area (Å²) in [5.41, 5.74) is 5.34. The lowest BCUT2D eigenvalue weighted by Gasteiger charge is -2.19. The number of halogens is 1. The van der Waals surface area contributed by atoms with Crippen molar-refractivity contribution in [3.05, 3.63) is 137 Å². The first kappa shape index (κ1) is 26.9. The van der Waals surface area contributed by atoms with Gasteiger partial charge in [0.2, 0.25) is 0 Å². The number of aromatic nitrogens is 1. The van der Waals surface area contributed by atoms with E-state index in [9.17, 15) is 14.0 Å². The maximum atomic E-state index is 13.9. The summed E-state index contributed by atoms with van der Waals surface area (Å²) in [4.78, 5) is 26.3. The summed E-state index contributed by atoms with van der Waals surface area (Å²) in [7, 11) is 0. The lowest BCUT2D eigenvalue weighted by Crippen LogP contribution is -2.25. The molecule has 1 aromatic heterocycles. The molecule has 6 heteroatoms. The van der Waals surface area contributed by atoms with E-state index in [1.165, 1.54) is 12.1 Å². The Balaban J connectivity index is 1.43. The lowest BCUT2D eigenvalue weighted by molar-refractivity contribution is 0.0941. The van der Waals surface area contributed by atoms with Crippen molar-refractivity contribution in [2.24, 2.45) is 0 Å². The number of rotatable bonds is 7. The maximum absolute atomic E-state index is 13.9. The quantitative estimate of drug-likeness (QED) is 0.230. The molecule has 2 N–H and O–H groups in total. The van der Waals surface area contributed by atoms with E-state index < -0.39 is 0 Å². The SMILES string of the molecule is CC(C)(C)c1ccc(C(=O)Nc2ccc3c(c2)cc(C(=O)NCc2ccccc2)n3Cc2cccc(F)c2)cc1. The number of hydrogen-bond donors (Lipinski definition) is 2. The van der Waals surface area contributed by atoms with Crippen LogP contribution >= 0.6 is 0 Å². The van der Waals surface area contributed by atoms with Gasteiger partial charge in [0.05, 0.1) is 0 Å². The van der Waals surface area contributed by atoms with Crippen molar-refractivity contribution in [1.29, 1.82) is 0 Å². The summed E-state index contributed by atoms with van der Waals surface area (Å²) >= 11 is 0. The topological polar surface area (TPSA) is 63.1 Å². The number of carbonyl (C=O) groups excluding carboxylic acids is 2. The van der Waals surface area contributed by atoms with Crippen molar-refractivity contribution in [1.82, 2.24) is 9.88 Å². The van der Waals surface area contributed by atoms with Gasteiger partial charge in [-0.15, -0.1) is 0 Å². The fourth-order valence-corrected chi connectivity index (χ4v) is 4.72. The van der Waals surface area contributed by atoms with Crippen LogP contribution in [0.25, 0.3) is 10.9 Å². The normalized spacial score (nSPS) is 11.4. The second kappa shape index (κ2) is 11.2. The first-order valence-electron chi connectivity index (χ1n) is 13.3. The van der Waals surface area contributed by atoms with Crippen LogP contribution in [0.3, 0.4) is 0 Å². The minimum absolute atomic E-state index is 0.00378. The fourth-order valence-electron chi connectivity index (χ4n) is 4.72. The summed E-state index contributed by atoms with van der Waals surface area (Å²) in [6, 6.07) is 31.0. The number of benzene rings is 4. The first-order valence-corrected chi connectivity index (χ1v) is 13.3. The van der Waals surface area contributed by atoms with Crippen LogP contribution in [0, 0.1) is 5.82 Å². The van der Waals surface area contributed by atoms with Crippen molar-refractivity contribution in [3.8, 4) is 0 Å². The summed E-state index contributed by atoms with van der Waals surface area (Å²) in [6.07, 6.45) is 0. The Labute approximate surface area is 233 Å². The Bertz CT molecular complexity index is 1670. The van der Waals surface area contributed by atoms with Crippen LogP contribution in [-0.2, 0) is 18.5 Å². The highest BCUT2D eigenvalue weighted by Gasteiger charge is 2.18. The van der Waals surface area contributed by atoms with E-state index >= 15 is 0 Å². The molecule has 0 saturated heterocycles. The molecule has 0 aliphatic rings. The zero-order valence-electron chi connectivity index (χ0n) is 22.9. The molecule has 202 valence electrons. The van der Waals surface area contributed by atoms with Crippen molar-refractivity contribution < 1.29 is 14.0 Å². The third-order valence-corrected chi connectivity index (χ3v) is 6.93. The number of hydrogen-bond acceptors (Lipinski definition) is 2. The number of fused-ring (bicyclic) bond motifs is 1. The number of nitrogens with one attached hydrogen (secondary N) is 2. The second-order valence-corrected chi connectivity index (χ2v) is 11.0. The van der Waals surface area contributed by atoms with Gasteiger partial charge in [-0.25, -0.2) is 4.39 Å². The molecule has 0 unspecified atom stereocenters. The van der Waals surface area contributed by atoms with Crippen LogP contribution < -0.4 is 10.6 Å². The predicted octanol–water partition coefficient (Wildman–Crippen LogP) is 7.31. The molecule has 0 fully saturated rings. The highest BCUT2D eigenvalue weighted by Crippen LogP contribution is 2.26. The summed E-state index contributed by atoms with van der Waals surface area (Å²) in [5, 5.41) is 6.76. The van der Waals surface area contributed by atoms with E-state index in [4.69, 9.17) is 0 Å². The van der Waals surface area contributed by atoms with Gasteiger partial charge >= 0.3 is 0 Å². The third-order valence-electron chi connectivity index (χ3n) is 6.93. The van der Waals surface area contributed by atoms with Crippen molar-refractivity contribution in [2.75, 3.05) is 5.32 Å². The van der Waals surface area contributed by atoms with Gasteiger partial charge in [0, 0.05) is 35.2 Å². The van der Waals surface area contributed by atoms with Crippen LogP contribution in [0.4, 0.5) is 10.1 Å². The minimum Gasteiger partial charge on any atom is -0.347 e. The monoisotopic (exact) mass is 533 g/mol. The molecule has 1 heterocycles. The largest absolute Gasteiger partial charge is 0.347 e. The highest BCUT2D eigenvalue weighted by molar-refractivity contribution is 6.06. The Morgan fingerprint density at radius 3 is 2.20 bits per heavy atom. The molecule has 0 atom stereocenters. The van der Waals surface area contributed by atoms with Gasteiger partial charge in [0.1, 0.15) is 11.5 Å². The van der Waals surface area contributed by atoms with Crippen LogP contribution in [-0.4, -0.2) is 16.4 Å². The van der Waals surface area contributed by atoms with Crippen LogP contribution in [0.2, 0.25) is 0 Å². The van der Waals surface area contributed by atoms with Gasteiger partial charge in [0.15, 0.2) is 0 Å². The van der Waals surface area contributed by atoms with Gasteiger partial charge < -0.3 is 15.2 Å². The Morgan fingerprint density at radius 1 is 0.775 bits per heavy atom. The molecule has 0 bridgehead atoms. The molecule has 5 nitrogen and oxygen atoms in total. The van der Waals surface area contributed by atoms with Gasteiger partial charge in [-0.05, 0) is 70.6 Å². The number of carbonyl (C=O) groups is 2. The zero-order chi connectivity index (χ0) is 28.3. The zero-order valence-corrected chi connectivity index (χ0v) is 22.9. The number of amides is 2. The van der Waals surface area contributed by atoms with E-state index in [1.54, 1.807) is 6.07 Å². The molecule has 0 radical (unpaired) electrons. The minimum atomic E-state index is -0.329. The molecule has 5 aromatic rings. The smallest absolute Gasteiger partial charge is 0.268 e. The van der Waals surface area contributed by atoms with E-state index in [-0.39, 0.29) is 23.0 Å². The van der Waals surface area contributed by atoms with E-state index in [2.05, 4.69) is 31.4 Å². The molecule has 0 saturated carbocycles. The predicted molar refractivity (Wildman–Crippen MR) is 158 cm³/mol. The average molecular weight is 534 g/mol. The Hall–Kier alpha value is -4.71. The molecule has 5 rings (SSSR count). The van der Waals surface area contributed by atoms with Crippen molar-refractivity contribution in [3.63, 3.8) is 0 Å². The average Bonchev–Trinajstić information content (AvgIpc) is 3.29. The van der Waals surface area contributed by atoms with E-state index in [0.717, 1.165) is 27.6 Å². The lowest BCUT2D eigenvalue weighted by atomic mass is 9.87. The molecule has 0 aliphatic carbocycles. The maximum Gasteiger partial charge on any atom is 0.268 e. The van der Waals surface area contributed by atoms with Crippen molar-refractivity contribution in [2.45, 2.75) is 39.3 Å². The summed E-state index contributed by atoms with van der Waals surface area (Å²) in [6.45, 7) is 7.10. The van der Waals surface area contributed by atoms with Crippen molar-refractivity contribution >= 4 is 28.4 Å². The first-order chi connectivity index (χ1) is 19.2. The molecule has 2 amide bonds. The second-order valence-electron chi connectivity index (χ2n) is 11.0. The van der Waals surface area contributed by atoms with Gasteiger partial charge in [-0.2, -0.15) is 0 Å². The molecular weight excluding hydrogens is 501 g/mol. The fraction of sp³-hybridized carbons (Fsp3) is 0.176. The molecule has 0 aliphatic heterocycles. The van der Waals surface area contributed by atoms with Crippen LogP contribution in [0.5, 0.6) is 0 Å². The molecule has 0 spiro atoms. The van der Waals surface area contributed by atoms with Gasteiger partial charge in [-0.3, -0.25) is 9.59 Å². The Morgan fingerprint density at radius 2 is 1.50 bits per heavy atom. The molecule has 40 heavy (non-hydrogen) atoms. The van der Waals surface area contributed by atoms with Gasteiger partial charge in [-0.1, -0.05) is 75.4 Å². The summed E-state index contributed by atoms with van der Waals surface area (Å²) < 4.78 is 15.8. The summed E-state index contributed by atoms with van der Waals surface area (Å²) in [5.74, 6) is -0.773. The highest BCUT2D eigenvalue weighted by atomic mass is 19.1. The van der Waals surface area contributed by atoms with Crippen LogP contribution in [0.15, 0.2) is 103 Å². The molecular formula is C34H32FN3O2. The third kappa shape index (κ3) is 6.12. The number of nitrogens with zero attached hydrogens (tertiary/aromatic N) is 1. The number of anilines is 1. The molecule has 4 aromatic carbocycles. The van der Waals surface area contributed by atoms with E-state index in [0.29, 0.717) is 30.0 Å². The van der Waals surface area contributed by atoms with Gasteiger partial charge in [0.25, 0.3) is 11.8 Å². The standard InChI is InChI=1S/C34H32FN3O2/c1-34(2,3)27-14-12-25(13-15-27)32(39)37-29-16-17-30-26(19-29)20-31(33(40)36-21-23-8-5-4-6-9-23)38(30)22-24-10-7-11-28(35)18-24/h4-20H,21-22H2,1-3H3,(H,36,40)(H,37,39).